The molecule has 1 aliphatic rings. The molecule has 1 amide bonds. The van der Waals surface area contributed by atoms with Crippen LogP contribution in [0.1, 0.15) is 12.0 Å². The highest BCUT2D eigenvalue weighted by Crippen LogP contribution is 2.25. The van der Waals surface area contributed by atoms with Gasteiger partial charge in [-0.1, -0.05) is 17.7 Å². The number of halogens is 1. The number of carbonyl (C=O) groups excluding carboxylic acids is 1. The van der Waals surface area contributed by atoms with Gasteiger partial charge in [-0.05, 0) is 37.6 Å². The van der Waals surface area contributed by atoms with Crippen molar-refractivity contribution in [3.05, 3.63) is 28.8 Å². The second-order valence-electron chi connectivity index (χ2n) is 4.39. The smallest absolute Gasteiger partial charge is 0.409 e. The molecule has 0 unspecified atom stereocenters. The van der Waals surface area contributed by atoms with Gasteiger partial charge in [0.1, 0.15) is 0 Å². The summed E-state index contributed by atoms with van der Waals surface area (Å²) in [6.45, 7) is 5.06. The molecule has 1 fully saturated rings. The Morgan fingerprint density at radius 1 is 1.39 bits per heavy atom. The van der Waals surface area contributed by atoms with Crippen LogP contribution in [0.2, 0.25) is 5.02 Å². The van der Waals surface area contributed by atoms with E-state index >= 15 is 0 Å². The largest absolute Gasteiger partial charge is 0.415 e. The molecule has 0 spiro atoms. The molecule has 0 radical (unpaired) electrons. The summed E-state index contributed by atoms with van der Waals surface area (Å²) in [5.74, 6) is 0.430. The van der Waals surface area contributed by atoms with Gasteiger partial charge in [-0.3, -0.25) is 0 Å². The Kier molecular flexibility index (Phi) is 4.44. The summed E-state index contributed by atoms with van der Waals surface area (Å²) >= 11 is 6.00. The van der Waals surface area contributed by atoms with Crippen molar-refractivity contribution in [2.45, 2.75) is 13.3 Å². The third kappa shape index (κ3) is 3.37. The predicted molar refractivity (Wildman–Crippen MR) is 71.3 cm³/mol. The van der Waals surface area contributed by atoms with Crippen molar-refractivity contribution in [3.8, 4) is 5.75 Å². The molecular formula is C13H17ClN2O2. The third-order valence-electron chi connectivity index (χ3n) is 2.88. The zero-order chi connectivity index (χ0) is 13.0. The summed E-state index contributed by atoms with van der Waals surface area (Å²) in [4.78, 5) is 13.7. The topological polar surface area (TPSA) is 41.6 Å². The Labute approximate surface area is 112 Å². The van der Waals surface area contributed by atoms with E-state index in [1.165, 1.54) is 0 Å². The zero-order valence-corrected chi connectivity index (χ0v) is 11.2. The van der Waals surface area contributed by atoms with Crippen molar-refractivity contribution in [1.82, 2.24) is 10.2 Å². The number of nitrogens with one attached hydrogen (secondary N) is 1. The van der Waals surface area contributed by atoms with Crippen LogP contribution in [0.15, 0.2) is 18.2 Å². The first kappa shape index (κ1) is 13.2. The lowest BCUT2D eigenvalue weighted by atomic mass is 10.2. The van der Waals surface area contributed by atoms with E-state index in [9.17, 15) is 4.79 Å². The number of nitrogens with zero attached hydrogens (tertiary/aromatic N) is 1. The van der Waals surface area contributed by atoms with Crippen molar-refractivity contribution >= 4 is 17.7 Å². The monoisotopic (exact) mass is 268 g/mol. The first-order valence-corrected chi connectivity index (χ1v) is 6.48. The minimum absolute atomic E-state index is 0.328. The Morgan fingerprint density at radius 2 is 2.22 bits per heavy atom. The SMILES string of the molecule is Cc1ccc(Cl)c(OC(=O)N2CCCNCC2)c1. The lowest BCUT2D eigenvalue weighted by Crippen LogP contribution is -2.36. The summed E-state index contributed by atoms with van der Waals surface area (Å²) in [6.07, 6.45) is 0.614. The standard InChI is InChI=1S/C13H17ClN2O2/c1-10-3-4-11(14)12(9-10)18-13(17)16-7-2-5-15-6-8-16/h3-4,9,15H,2,5-8H2,1H3. The predicted octanol–water partition coefficient (Wildman–Crippen LogP) is 2.44. The van der Waals surface area contributed by atoms with Gasteiger partial charge < -0.3 is 15.0 Å². The molecule has 1 saturated heterocycles. The summed E-state index contributed by atoms with van der Waals surface area (Å²) in [6, 6.07) is 5.40. The molecule has 5 heteroatoms. The molecule has 1 aliphatic heterocycles. The van der Waals surface area contributed by atoms with E-state index in [0.717, 1.165) is 31.6 Å². The van der Waals surface area contributed by atoms with Crippen LogP contribution >= 0.6 is 11.6 Å². The Morgan fingerprint density at radius 3 is 3.06 bits per heavy atom. The van der Waals surface area contributed by atoms with Crippen LogP contribution in [-0.2, 0) is 0 Å². The lowest BCUT2D eigenvalue weighted by Gasteiger charge is -2.19. The molecule has 1 heterocycles. The van der Waals surface area contributed by atoms with Crippen LogP contribution in [0.4, 0.5) is 4.79 Å². The van der Waals surface area contributed by atoms with Crippen LogP contribution < -0.4 is 10.1 Å². The van der Waals surface area contributed by atoms with Crippen LogP contribution in [0.5, 0.6) is 5.75 Å². The lowest BCUT2D eigenvalue weighted by molar-refractivity contribution is 0.155. The summed E-state index contributed by atoms with van der Waals surface area (Å²) < 4.78 is 5.35. The third-order valence-corrected chi connectivity index (χ3v) is 3.19. The van der Waals surface area contributed by atoms with Crippen LogP contribution in [0, 0.1) is 6.92 Å². The van der Waals surface area contributed by atoms with Crippen LogP contribution in [0.25, 0.3) is 0 Å². The van der Waals surface area contributed by atoms with Gasteiger partial charge in [0.2, 0.25) is 0 Å². The van der Waals surface area contributed by atoms with Crippen LogP contribution in [-0.4, -0.2) is 37.2 Å². The first-order valence-electron chi connectivity index (χ1n) is 6.10. The van der Waals surface area contributed by atoms with Crippen molar-refractivity contribution in [2.24, 2.45) is 0 Å². The minimum atomic E-state index is -0.328. The quantitative estimate of drug-likeness (QED) is 0.851. The van der Waals surface area contributed by atoms with Gasteiger partial charge in [0.15, 0.2) is 5.75 Å². The number of hydrogen-bond acceptors (Lipinski definition) is 3. The molecule has 18 heavy (non-hydrogen) atoms. The zero-order valence-electron chi connectivity index (χ0n) is 10.4. The highest BCUT2D eigenvalue weighted by Gasteiger charge is 2.18. The van der Waals surface area contributed by atoms with Gasteiger partial charge in [0.25, 0.3) is 0 Å². The van der Waals surface area contributed by atoms with Crippen LogP contribution in [0.3, 0.4) is 0 Å². The molecule has 1 N–H and O–H groups in total. The number of hydrogen-bond donors (Lipinski definition) is 1. The van der Waals surface area contributed by atoms with Crippen molar-refractivity contribution in [1.29, 1.82) is 0 Å². The fraction of sp³-hybridized carbons (Fsp3) is 0.462. The van der Waals surface area contributed by atoms with E-state index in [1.54, 1.807) is 17.0 Å². The van der Waals surface area contributed by atoms with Crippen molar-refractivity contribution < 1.29 is 9.53 Å². The van der Waals surface area contributed by atoms with E-state index < -0.39 is 0 Å². The van der Waals surface area contributed by atoms with Gasteiger partial charge >= 0.3 is 6.09 Å². The maximum Gasteiger partial charge on any atom is 0.415 e. The number of amides is 1. The molecule has 0 bridgehead atoms. The second-order valence-corrected chi connectivity index (χ2v) is 4.80. The first-order chi connectivity index (χ1) is 8.66. The van der Waals surface area contributed by atoms with Gasteiger partial charge in [-0.2, -0.15) is 0 Å². The Balaban J connectivity index is 2.03. The van der Waals surface area contributed by atoms with E-state index in [2.05, 4.69) is 5.32 Å². The van der Waals surface area contributed by atoms with Crippen molar-refractivity contribution in [3.63, 3.8) is 0 Å². The van der Waals surface area contributed by atoms with Gasteiger partial charge in [0.05, 0.1) is 5.02 Å². The molecule has 1 aromatic rings. The molecule has 0 aromatic heterocycles. The minimum Gasteiger partial charge on any atom is -0.409 e. The average molecular weight is 269 g/mol. The maximum absolute atomic E-state index is 12.0. The molecule has 2 rings (SSSR count). The molecule has 4 nitrogen and oxygen atoms in total. The molecule has 98 valence electrons. The molecule has 1 aromatic carbocycles. The molecule has 0 saturated carbocycles. The number of aryl methyl sites for hydroxylation is 1. The number of ether oxygens (including phenoxy) is 1. The fourth-order valence-corrected chi connectivity index (χ4v) is 2.03. The van der Waals surface area contributed by atoms with Crippen molar-refractivity contribution in [2.75, 3.05) is 26.2 Å². The summed E-state index contributed by atoms with van der Waals surface area (Å²) in [7, 11) is 0. The van der Waals surface area contributed by atoms with E-state index in [4.69, 9.17) is 16.3 Å². The van der Waals surface area contributed by atoms with Gasteiger partial charge in [-0.25, -0.2) is 4.79 Å². The molecule has 0 aliphatic carbocycles. The fourth-order valence-electron chi connectivity index (χ4n) is 1.88. The van der Waals surface area contributed by atoms with E-state index in [1.807, 2.05) is 13.0 Å². The highest BCUT2D eigenvalue weighted by atomic mass is 35.5. The number of carbonyl (C=O) groups is 1. The number of benzene rings is 1. The van der Waals surface area contributed by atoms with E-state index in [-0.39, 0.29) is 6.09 Å². The van der Waals surface area contributed by atoms with Gasteiger partial charge in [-0.15, -0.1) is 0 Å². The highest BCUT2D eigenvalue weighted by molar-refractivity contribution is 6.32. The van der Waals surface area contributed by atoms with E-state index in [0.29, 0.717) is 17.3 Å². The maximum atomic E-state index is 12.0. The molecule has 0 atom stereocenters. The number of rotatable bonds is 1. The second kappa shape index (κ2) is 6.07. The summed E-state index contributed by atoms with van der Waals surface area (Å²) in [5, 5.41) is 3.70. The molecular weight excluding hydrogens is 252 g/mol. The Hall–Kier alpha value is -1.26. The van der Waals surface area contributed by atoms with Gasteiger partial charge in [0, 0.05) is 19.6 Å². The Bertz CT molecular complexity index is 429. The average Bonchev–Trinajstić information content (AvgIpc) is 2.62. The normalized spacial score (nSPS) is 16.2. The summed E-state index contributed by atoms with van der Waals surface area (Å²) in [5.41, 5.74) is 1.01.